The smallest absolute Gasteiger partial charge is 0.335 e. The maximum absolute atomic E-state index is 12.8. The fourth-order valence-corrected chi connectivity index (χ4v) is 2.37. The van der Waals surface area contributed by atoms with Gasteiger partial charge in [-0.15, -0.1) is 0 Å². The van der Waals surface area contributed by atoms with Gasteiger partial charge in [-0.2, -0.15) is 0 Å². The molecule has 0 aliphatic heterocycles. The number of carboxylic acids is 1. The number of aromatic nitrogens is 1. The lowest BCUT2D eigenvalue weighted by atomic mass is 10.1. The second kappa shape index (κ2) is 5.52. The van der Waals surface area contributed by atoms with Crippen LogP contribution >= 0.6 is 0 Å². The highest BCUT2D eigenvalue weighted by molar-refractivity contribution is 5.94. The van der Waals surface area contributed by atoms with Gasteiger partial charge in [0, 0.05) is 18.0 Å². The van der Waals surface area contributed by atoms with Gasteiger partial charge in [0.05, 0.1) is 11.3 Å². The number of hydrogen-bond acceptors (Lipinski definition) is 2. The molecule has 1 heterocycles. The van der Waals surface area contributed by atoms with Crippen molar-refractivity contribution in [3.8, 4) is 5.75 Å². The van der Waals surface area contributed by atoms with Crippen molar-refractivity contribution >= 4 is 16.9 Å². The molecule has 3 rings (SSSR count). The molecule has 0 radical (unpaired) electrons. The van der Waals surface area contributed by atoms with Crippen molar-refractivity contribution in [1.29, 1.82) is 0 Å². The molecular weight excluding hydrogens is 285 g/mol. The molecule has 0 bridgehead atoms. The van der Waals surface area contributed by atoms with Crippen molar-refractivity contribution in [3.05, 3.63) is 65.6 Å². The number of carbonyl (C=O) groups is 1. The van der Waals surface area contributed by atoms with Crippen molar-refractivity contribution in [2.45, 2.75) is 6.61 Å². The van der Waals surface area contributed by atoms with Gasteiger partial charge in [-0.1, -0.05) is 0 Å². The minimum absolute atomic E-state index is 0.254. The van der Waals surface area contributed by atoms with E-state index in [2.05, 4.69) is 0 Å². The maximum Gasteiger partial charge on any atom is 0.335 e. The minimum atomic E-state index is -0.949. The van der Waals surface area contributed by atoms with E-state index in [0.29, 0.717) is 12.4 Å². The molecule has 0 aliphatic rings. The second-order valence-corrected chi connectivity index (χ2v) is 5.02. The Kier molecular flexibility index (Phi) is 3.55. The van der Waals surface area contributed by atoms with Crippen LogP contribution < -0.4 is 4.74 Å². The Morgan fingerprint density at radius 3 is 2.59 bits per heavy atom. The van der Waals surface area contributed by atoms with E-state index < -0.39 is 5.97 Å². The third-order valence-corrected chi connectivity index (χ3v) is 3.59. The van der Waals surface area contributed by atoms with Crippen LogP contribution in [0.1, 0.15) is 16.1 Å². The molecule has 0 aliphatic carbocycles. The number of nitrogens with zero attached hydrogens (tertiary/aromatic N) is 1. The number of rotatable bonds is 4. The first-order valence-electron chi connectivity index (χ1n) is 6.74. The van der Waals surface area contributed by atoms with E-state index in [0.717, 1.165) is 16.6 Å². The number of hydrogen-bond donors (Lipinski definition) is 1. The Morgan fingerprint density at radius 2 is 1.91 bits per heavy atom. The van der Waals surface area contributed by atoms with E-state index in [9.17, 15) is 9.18 Å². The predicted molar refractivity (Wildman–Crippen MR) is 80.6 cm³/mol. The first-order valence-corrected chi connectivity index (χ1v) is 6.74. The van der Waals surface area contributed by atoms with Crippen molar-refractivity contribution in [3.63, 3.8) is 0 Å². The summed E-state index contributed by atoms with van der Waals surface area (Å²) in [5.74, 6) is -0.675. The van der Waals surface area contributed by atoms with Crippen LogP contribution in [0.15, 0.2) is 48.5 Å². The Balaban J connectivity index is 1.86. The van der Waals surface area contributed by atoms with Gasteiger partial charge in [0.25, 0.3) is 0 Å². The number of ether oxygens (including phenoxy) is 1. The molecule has 112 valence electrons. The average Bonchev–Trinajstić information content (AvgIpc) is 2.82. The molecule has 0 unspecified atom stereocenters. The van der Waals surface area contributed by atoms with Crippen molar-refractivity contribution in [2.24, 2.45) is 7.05 Å². The molecule has 4 nitrogen and oxygen atoms in total. The zero-order valence-corrected chi connectivity index (χ0v) is 11.9. The standard InChI is InChI=1S/C17H14FNO3/c1-19-14(10-22-15-5-3-13(18)4-6-15)9-12-8-11(17(20)21)2-7-16(12)19/h2-9H,10H2,1H3,(H,20,21). The van der Waals surface area contributed by atoms with Gasteiger partial charge >= 0.3 is 5.97 Å². The van der Waals surface area contributed by atoms with Crippen LogP contribution in [0.5, 0.6) is 5.75 Å². The van der Waals surface area contributed by atoms with Crippen LogP contribution in [-0.2, 0) is 13.7 Å². The summed E-state index contributed by atoms with van der Waals surface area (Å²) in [6, 6.07) is 12.7. The monoisotopic (exact) mass is 299 g/mol. The van der Waals surface area contributed by atoms with E-state index >= 15 is 0 Å². The fraction of sp³-hybridized carbons (Fsp3) is 0.118. The number of fused-ring (bicyclic) bond motifs is 1. The van der Waals surface area contributed by atoms with Crippen LogP contribution in [-0.4, -0.2) is 15.6 Å². The topological polar surface area (TPSA) is 51.5 Å². The van der Waals surface area contributed by atoms with Gasteiger partial charge in [0.1, 0.15) is 18.2 Å². The van der Waals surface area contributed by atoms with Crippen LogP contribution in [0.25, 0.3) is 10.9 Å². The van der Waals surface area contributed by atoms with Gasteiger partial charge in [-0.05, 0) is 48.5 Å². The highest BCUT2D eigenvalue weighted by Crippen LogP contribution is 2.22. The normalized spacial score (nSPS) is 10.8. The summed E-state index contributed by atoms with van der Waals surface area (Å²) in [4.78, 5) is 11.0. The van der Waals surface area contributed by atoms with E-state index in [4.69, 9.17) is 9.84 Å². The average molecular weight is 299 g/mol. The molecule has 0 amide bonds. The van der Waals surface area contributed by atoms with Gasteiger partial charge in [0.2, 0.25) is 0 Å². The molecule has 0 fully saturated rings. The van der Waals surface area contributed by atoms with E-state index in [1.54, 1.807) is 30.3 Å². The molecule has 2 aromatic carbocycles. The summed E-state index contributed by atoms with van der Waals surface area (Å²) < 4.78 is 20.4. The number of halogens is 1. The zero-order valence-electron chi connectivity index (χ0n) is 11.9. The molecule has 1 N–H and O–H groups in total. The highest BCUT2D eigenvalue weighted by Gasteiger charge is 2.10. The third-order valence-electron chi connectivity index (χ3n) is 3.59. The molecular formula is C17H14FNO3. The molecule has 0 atom stereocenters. The van der Waals surface area contributed by atoms with Crippen molar-refractivity contribution in [2.75, 3.05) is 0 Å². The SMILES string of the molecule is Cn1c(COc2ccc(F)cc2)cc2cc(C(=O)O)ccc21. The summed E-state index contributed by atoms with van der Waals surface area (Å²) in [6.07, 6.45) is 0. The van der Waals surface area contributed by atoms with Gasteiger partial charge < -0.3 is 14.4 Å². The first kappa shape index (κ1) is 14.1. The van der Waals surface area contributed by atoms with Crippen LogP contribution in [0.4, 0.5) is 4.39 Å². The molecule has 1 aromatic heterocycles. The number of aryl methyl sites for hydroxylation is 1. The minimum Gasteiger partial charge on any atom is -0.487 e. The fourth-order valence-electron chi connectivity index (χ4n) is 2.37. The number of benzene rings is 2. The first-order chi connectivity index (χ1) is 10.5. The third kappa shape index (κ3) is 2.65. The number of aromatic carboxylic acids is 1. The molecule has 5 heteroatoms. The molecule has 3 aromatic rings. The zero-order chi connectivity index (χ0) is 15.7. The van der Waals surface area contributed by atoms with Gasteiger partial charge in [-0.25, -0.2) is 9.18 Å². The lowest BCUT2D eigenvalue weighted by Gasteiger charge is -2.07. The summed E-state index contributed by atoms with van der Waals surface area (Å²) in [6.45, 7) is 0.319. The second-order valence-electron chi connectivity index (χ2n) is 5.02. The Bertz CT molecular complexity index is 837. The molecule has 0 spiro atoms. The number of carboxylic acid groups (broad SMARTS) is 1. The van der Waals surface area contributed by atoms with Crippen LogP contribution in [0.2, 0.25) is 0 Å². The quantitative estimate of drug-likeness (QED) is 0.801. The van der Waals surface area contributed by atoms with Crippen LogP contribution in [0, 0.1) is 5.82 Å². The molecule has 22 heavy (non-hydrogen) atoms. The summed E-state index contributed by atoms with van der Waals surface area (Å²) in [7, 11) is 1.89. The predicted octanol–water partition coefficient (Wildman–Crippen LogP) is 3.59. The van der Waals surface area contributed by atoms with Gasteiger partial charge in [-0.3, -0.25) is 0 Å². The van der Waals surface area contributed by atoms with Gasteiger partial charge in [0.15, 0.2) is 0 Å². The molecule has 0 saturated carbocycles. The highest BCUT2D eigenvalue weighted by atomic mass is 19.1. The Labute approximate surface area is 126 Å². The lowest BCUT2D eigenvalue weighted by Crippen LogP contribution is -2.01. The Hall–Kier alpha value is -2.82. The Morgan fingerprint density at radius 1 is 1.18 bits per heavy atom. The lowest BCUT2D eigenvalue weighted by molar-refractivity contribution is 0.0697. The van der Waals surface area contributed by atoms with Crippen molar-refractivity contribution in [1.82, 2.24) is 4.57 Å². The summed E-state index contributed by atoms with van der Waals surface area (Å²) in [5, 5.41) is 9.88. The van der Waals surface area contributed by atoms with E-state index in [1.807, 2.05) is 17.7 Å². The largest absolute Gasteiger partial charge is 0.487 e. The van der Waals surface area contributed by atoms with Crippen LogP contribution in [0.3, 0.4) is 0 Å². The summed E-state index contributed by atoms with van der Waals surface area (Å²) >= 11 is 0. The van der Waals surface area contributed by atoms with E-state index in [-0.39, 0.29) is 11.4 Å². The van der Waals surface area contributed by atoms with Crippen molar-refractivity contribution < 1.29 is 19.0 Å². The summed E-state index contributed by atoms with van der Waals surface area (Å²) in [5.41, 5.74) is 2.09. The molecule has 0 saturated heterocycles. The van der Waals surface area contributed by atoms with E-state index in [1.165, 1.54) is 12.1 Å². The maximum atomic E-state index is 12.8.